The molecule has 1 aromatic rings. The quantitative estimate of drug-likeness (QED) is 0.715. The molecule has 28 heavy (non-hydrogen) atoms. The molecule has 2 fully saturated rings. The highest BCUT2D eigenvalue weighted by molar-refractivity contribution is 5.98. The summed E-state index contributed by atoms with van der Waals surface area (Å²) in [6, 6.07) is 7.83. The number of Topliss-reactive ketones (excluding diaryl/α,β-unsaturated/α-hetero) is 1. The molecule has 2 saturated heterocycles. The first-order valence-electron chi connectivity index (χ1n) is 10.4. The van der Waals surface area contributed by atoms with E-state index in [0.29, 0.717) is 32.0 Å². The highest BCUT2D eigenvalue weighted by Crippen LogP contribution is 2.34. The fourth-order valence-corrected chi connectivity index (χ4v) is 4.25. The number of nitrogens with zero attached hydrogens (tertiary/aromatic N) is 1. The van der Waals surface area contributed by atoms with Crippen LogP contribution >= 0.6 is 0 Å². The summed E-state index contributed by atoms with van der Waals surface area (Å²) >= 11 is 0. The number of ether oxygens (including phenoxy) is 2. The largest absolute Gasteiger partial charge is 0.444 e. The molecule has 2 heterocycles. The summed E-state index contributed by atoms with van der Waals surface area (Å²) in [7, 11) is 0. The van der Waals surface area contributed by atoms with Gasteiger partial charge >= 0.3 is 6.09 Å². The van der Waals surface area contributed by atoms with Crippen LogP contribution in [0.15, 0.2) is 24.3 Å². The summed E-state index contributed by atoms with van der Waals surface area (Å²) in [6.07, 6.45) is 1.98. The van der Waals surface area contributed by atoms with Gasteiger partial charge in [-0.2, -0.15) is 0 Å². The molecule has 2 aliphatic rings. The normalized spacial score (nSPS) is 24.9. The molecular weight excluding hydrogens is 354 g/mol. The molecule has 3 rings (SSSR count). The van der Waals surface area contributed by atoms with Crippen LogP contribution in [0.3, 0.4) is 0 Å². The Labute approximate surface area is 168 Å². The zero-order valence-corrected chi connectivity index (χ0v) is 17.7. The van der Waals surface area contributed by atoms with Crippen molar-refractivity contribution in [2.45, 2.75) is 71.6 Å². The van der Waals surface area contributed by atoms with Gasteiger partial charge in [-0.15, -0.1) is 0 Å². The lowest BCUT2D eigenvalue weighted by atomic mass is 9.80. The maximum absolute atomic E-state index is 13.1. The Bertz CT molecular complexity index is 690. The summed E-state index contributed by atoms with van der Waals surface area (Å²) in [5.74, 6) is 0.698. The maximum Gasteiger partial charge on any atom is 0.410 e. The smallest absolute Gasteiger partial charge is 0.410 e. The lowest BCUT2D eigenvalue weighted by Gasteiger charge is -2.47. The second kappa shape index (κ2) is 8.24. The monoisotopic (exact) mass is 387 g/mol. The molecule has 0 aliphatic carbocycles. The van der Waals surface area contributed by atoms with Crippen molar-refractivity contribution >= 4 is 11.9 Å². The van der Waals surface area contributed by atoms with Crippen LogP contribution in [-0.4, -0.2) is 47.7 Å². The number of rotatable bonds is 4. The third kappa shape index (κ3) is 4.93. The van der Waals surface area contributed by atoms with E-state index in [9.17, 15) is 9.59 Å². The van der Waals surface area contributed by atoms with Crippen LogP contribution in [0.2, 0.25) is 0 Å². The van der Waals surface area contributed by atoms with Gasteiger partial charge in [-0.1, -0.05) is 38.1 Å². The molecule has 5 nitrogen and oxygen atoms in total. The number of fused-ring (bicyclic) bond motifs is 2. The van der Waals surface area contributed by atoms with Gasteiger partial charge in [-0.05, 0) is 51.5 Å². The number of piperidine rings is 1. The van der Waals surface area contributed by atoms with E-state index in [1.807, 2.05) is 37.8 Å². The Morgan fingerprint density at radius 3 is 2.18 bits per heavy atom. The zero-order chi connectivity index (χ0) is 20.5. The van der Waals surface area contributed by atoms with E-state index < -0.39 is 5.60 Å². The van der Waals surface area contributed by atoms with Gasteiger partial charge in [-0.3, -0.25) is 9.69 Å². The highest BCUT2D eigenvalue weighted by Gasteiger charge is 2.45. The van der Waals surface area contributed by atoms with Crippen molar-refractivity contribution < 1.29 is 19.1 Å². The average molecular weight is 388 g/mol. The molecule has 2 atom stereocenters. The summed E-state index contributed by atoms with van der Waals surface area (Å²) in [4.78, 5) is 27.6. The van der Waals surface area contributed by atoms with Gasteiger partial charge in [0.2, 0.25) is 0 Å². The lowest BCUT2D eigenvalue weighted by Crippen LogP contribution is -2.60. The Balaban J connectivity index is 1.69. The van der Waals surface area contributed by atoms with Crippen molar-refractivity contribution in [1.29, 1.82) is 0 Å². The number of ketones is 1. The number of amides is 1. The molecule has 2 aliphatic heterocycles. The van der Waals surface area contributed by atoms with Gasteiger partial charge in [0.25, 0.3) is 0 Å². The minimum absolute atomic E-state index is 0.0754. The summed E-state index contributed by atoms with van der Waals surface area (Å²) in [5.41, 5.74) is 1.50. The molecule has 5 heteroatoms. The van der Waals surface area contributed by atoms with Crippen LogP contribution in [0.5, 0.6) is 0 Å². The van der Waals surface area contributed by atoms with Crippen molar-refractivity contribution in [2.24, 2.45) is 11.8 Å². The van der Waals surface area contributed by atoms with E-state index in [1.165, 1.54) is 5.56 Å². The fourth-order valence-electron chi connectivity index (χ4n) is 4.25. The summed E-state index contributed by atoms with van der Waals surface area (Å²) < 4.78 is 11.3. The highest BCUT2D eigenvalue weighted by atomic mass is 16.6. The topological polar surface area (TPSA) is 55.8 Å². The molecule has 1 amide bonds. The van der Waals surface area contributed by atoms with E-state index in [4.69, 9.17) is 9.47 Å². The van der Waals surface area contributed by atoms with E-state index in [1.54, 1.807) is 0 Å². The summed E-state index contributed by atoms with van der Waals surface area (Å²) in [6.45, 7) is 10.9. The molecule has 0 radical (unpaired) electrons. The number of morpholine rings is 1. The maximum atomic E-state index is 13.1. The van der Waals surface area contributed by atoms with Crippen molar-refractivity contribution in [3.8, 4) is 0 Å². The van der Waals surface area contributed by atoms with Gasteiger partial charge in [0.05, 0.1) is 25.3 Å². The predicted molar refractivity (Wildman–Crippen MR) is 109 cm³/mol. The minimum Gasteiger partial charge on any atom is -0.444 e. The van der Waals surface area contributed by atoms with Crippen LogP contribution in [0.4, 0.5) is 4.79 Å². The van der Waals surface area contributed by atoms with E-state index in [0.717, 1.165) is 12.0 Å². The molecule has 0 aromatic heterocycles. The molecule has 154 valence electrons. The average Bonchev–Trinajstić information content (AvgIpc) is 2.58. The van der Waals surface area contributed by atoms with Crippen LogP contribution in [0.25, 0.3) is 0 Å². The van der Waals surface area contributed by atoms with Crippen LogP contribution in [0.1, 0.15) is 63.4 Å². The van der Waals surface area contributed by atoms with Crippen molar-refractivity contribution in [2.75, 3.05) is 13.2 Å². The first-order valence-corrected chi connectivity index (χ1v) is 10.4. The molecule has 0 N–H and O–H groups in total. The molecular formula is C23H33NO4. The number of hydrogen-bond acceptors (Lipinski definition) is 4. The predicted octanol–water partition coefficient (Wildman–Crippen LogP) is 4.48. The van der Waals surface area contributed by atoms with Gasteiger partial charge in [0.15, 0.2) is 5.78 Å². The number of benzene rings is 1. The third-order valence-electron chi connectivity index (χ3n) is 5.38. The van der Waals surface area contributed by atoms with Gasteiger partial charge in [-0.25, -0.2) is 4.79 Å². The second-order valence-corrected chi connectivity index (χ2v) is 9.56. The van der Waals surface area contributed by atoms with Crippen LogP contribution in [-0.2, 0) is 15.9 Å². The number of hydrogen-bond donors (Lipinski definition) is 0. The fraction of sp³-hybridized carbons (Fsp3) is 0.652. The van der Waals surface area contributed by atoms with Gasteiger partial charge < -0.3 is 9.47 Å². The Hall–Kier alpha value is -1.88. The first kappa shape index (κ1) is 20.8. The van der Waals surface area contributed by atoms with E-state index in [-0.39, 0.29) is 29.9 Å². The third-order valence-corrected chi connectivity index (χ3v) is 5.38. The Morgan fingerprint density at radius 1 is 1.11 bits per heavy atom. The van der Waals surface area contributed by atoms with E-state index >= 15 is 0 Å². The summed E-state index contributed by atoms with van der Waals surface area (Å²) in [5, 5.41) is 0. The molecule has 0 spiro atoms. The van der Waals surface area contributed by atoms with Crippen molar-refractivity contribution in [3.63, 3.8) is 0 Å². The Kier molecular flexibility index (Phi) is 6.13. The number of carbonyl (C=O) groups excluding carboxylic acids is 2. The van der Waals surface area contributed by atoms with Crippen LogP contribution in [0, 0.1) is 11.8 Å². The SMILES string of the molecule is CC(C)Cc1ccc(C(=O)C2CC3COCC(C2)N3C(=O)OC(C)(C)C)cc1. The van der Waals surface area contributed by atoms with Crippen molar-refractivity contribution in [3.05, 3.63) is 35.4 Å². The molecule has 2 bridgehead atoms. The molecule has 0 saturated carbocycles. The van der Waals surface area contributed by atoms with Gasteiger partial charge in [0.1, 0.15) is 5.60 Å². The standard InChI is InChI=1S/C23H33NO4/c1-15(2)10-16-6-8-17(9-7-16)21(25)18-11-19-13-27-14-20(12-18)24(19)22(26)28-23(3,4)5/h6-9,15,18-20H,10-14H2,1-5H3. The lowest BCUT2D eigenvalue weighted by molar-refractivity contribution is -0.0861. The van der Waals surface area contributed by atoms with Crippen LogP contribution < -0.4 is 0 Å². The Morgan fingerprint density at radius 2 is 1.68 bits per heavy atom. The number of carbonyl (C=O) groups is 2. The van der Waals surface area contributed by atoms with E-state index in [2.05, 4.69) is 26.0 Å². The molecule has 1 aromatic carbocycles. The zero-order valence-electron chi connectivity index (χ0n) is 17.7. The first-order chi connectivity index (χ1) is 13.1. The van der Waals surface area contributed by atoms with Crippen molar-refractivity contribution in [1.82, 2.24) is 4.90 Å². The van der Waals surface area contributed by atoms with Gasteiger partial charge in [0, 0.05) is 11.5 Å². The second-order valence-electron chi connectivity index (χ2n) is 9.56. The molecule has 2 unspecified atom stereocenters. The minimum atomic E-state index is -0.531.